The van der Waals surface area contributed by atoms with Gasteiger partial charge in [-0.15, -0.1) is 0 Å². The molecule has 0 bridgehead atoms. The third-order valence-corrected chi connectivity index (χ3v) is 5.95. The minimum atomic E-state index is 0.000163. The molecule has 2 heterocycles. The SMILES string of the molecule is CC.CCCCNC(=O)N1CCc2c([nH]c3ccccc23)C1C(C)c1ccccc1. The number of para-hydroxylation sites is 1. The molecule has 0 fully saturated rings. The van der Waals surface area contributed by atoms with Crippen molar-refractivity contribution in [2.24, 2.45) is 0 Å². The van der Waals surface area contributed by atoms with Crippen LogP contribution in [0.2, 0.25) is 0 Å². The number of urea groups is 1. The topological polar surface area (TPSA) is 48.1 Å². The molecule has 2 aromatic carbocycles. The van der Waals surface area contributed by atoms with E-state index in [9.17, 15) is 4.79 Å². The van der Waals surface area contributed by atoms with Gasteiger partial charge >= 0.3 is 6.03 Å². The maximum atomic E-state index is 13.0. The molecule has 0 spiro atoms. The van der Waals surface area contributed by atoms with E-state index in [0.717, 1.165) is 37.9 Å². The maximum absolute atomic E-state index is 13.0. The molecule has 0 radical (unpaired) electrons. The molecule has 3 aromatic rings. The molecule has 1 aliphatic rings. The van der Waals surface area contributed by atoms with Crippen molar-refractivity contribution in [2.75, 3.05) is 13.1 Å². The van der Waals surface area contributed by atoms with Crippen LogP contribution in [0.25, 0.3) is 10.9 Å². The van der Waals surface area contributed by atoms with Crippen molar-refractivity contribution >= 4 is 16.9 Å². The van der Waals surface area contributed by atoms with Crippen LogP contribution in [0, 0.1) is 0 Å². The standard InChI is InChI=1S/C24H29N3O.C2H6/c1-3-4-15-25-24(28)27-16-14-20-19-12-8-9-13-21(19)26-22(20)23(27)17(2)18-10-6-5-7-11-18;1-2/h5-13,17,23,26H,3-4,14-16H2,1-2H3,(H,25,28);1-2H3. The van der Waals surface area contributed by atoms with E-state index >= 15 is 0 Å². The lowest BCUT2D eigenvalue weighted by Crippen LogP contribution is -2.47. The number of fused-ring (bicyclic) bond motifs is 3. The lowest BCUT2D eigenvalue weighted by molar-refractivity contribution is 0.158. The Bertz CT molecular complexity index is 947. The fraction of sp³-hybridized carbons (Fsp3) is 0.423. The first kappa shape index (κ1) is 21.9. The number of nitrogens with one attached hydrogen (secondary N) is 2. The van der Waals surface area contributed by atoms with Crippen molar-refractivity contribution in [3.63, 3.8) is 0 Å². The molecule has 1 aliphatic heterocycles. The number of unbranched alkanes of at least 4 members (excludes halogenated alkanes) is 1. The van der Waals surface area contributed by atoms with Crippen LogP contribution in [0.15, 0.2) is 54.6 Å². The number of benzene rings is 2. The second-order valence-electron chi connectivity index (χ2n) is 7.74. The van der Waals surface area contributed by atoms with E-state index in [0.29, 0.717) is 0 Å². The summed E-state index contributed by atoms with van der Waals surface area (Å²) in [5, 5.41) is 4.41. The highest BCUT2D eigenvalue weighted by Gasteiger charge is 2.37. The fourth-order valence-corrected chi connectivity index (χ4v) is 4.43. The van der Waals surface area contributed by atoms with Crippen LogP contribution in [0.3, 0.4) is 0 Å². The number of aromatic amines is 1. The Morgan fingerprint density at radius 3 is 2.57 bits per heavy atom. The summed E-state index contributed by atoms with van der Waals surface area (Å²) in [5.41, 5.74) is 4.96. The zero-order valence-corrected chi connectivity index (χ0v) is 18.7. The summed E-state index contributed by atoms with van der Waals surface area (Å²) >= 11 is 0. The number of nitrogens with zero attached hydrogens (tertiary/aromatic N) is 1. The monoisotopic (exact) mass is 405 g/mol. The molecule has 2 amide bonds. The highest BCUT2D eigenvalue weighted by Crippen LogP contribution is 2.42. The molecule has 1 aromatic heterocycles. The van der Waals surface area contributed by atoms with Gasteiger partial charge in [0.15, 0.2) is 0 Å². The van der Waals surface area contributed by atoms with Gasteiger partial charge in [0.25, 0.3) is 0 Å². The third-order valence-electron chi connectivity index (χ3n) is 5.95. The van der Waals surface area contributed by atoms with E-state index < -0.39 is 0 Å². The second-order valence-corrected chi connectivity index (χ2v) is 7.74. The first-order chi connectivity index (χ1) is 14.7. The smallest absolute Gasteiger partial charge is 0.317 e. The average Bonchev–Trinajstić information content (AvgIpc) is 3.18. The van der Waals surface area contributed by atoms with Crippen LogP contribution in [-0.2, 0) is 6.42 Å². The normalized spacial score (nSPS) is 16.4. The quantitative estimate of drug-likeness (QED) is 0.474. The minimum absolute atomic E-state index is 0.000163. The Balaban J connectivity index is 0.00000124. The molecule has 2 N–H and O–H groups in total. The van der Waals surface area contributed by atoms with Crippen molar-refractivity contribution in [3.8, 4) is 0 Å². The summed E-state index contributed by atoms with van der Waals surface area (Å²) in [5.74, 6) is 0.199. The zero-order chi connectivity index (χ0) is 21.5. The molecule has 0 saturated carbocycles. The molecule has 0 aliphatic carbocycles. The van der Waals surface area contributed by atoms with Crippen molar-refractivity contribution < 1.29 is 4.79 Å². The second kappa shape index (κ2) is 10.3. The summed E-state index contributed by atoms with van der Waals surface area (Å²) in [4.78, 5) is 18.7. The van der Waals surface area contributed by atoms with Gasteiger partial charge in [-0.05, 0) is 30.0 Å². The molecule has 4 rings (SSSR count). The fourth-order valence-electron chi connectivity index (χ4n) is 4.43. The summed E-state index contributed by atoms with van der Waals surface area (Å²) in [7, 11) is 0. The Labute approximate surface area is 180 Å². The van der Waals surface area contributed by atoms with E-state index in [2.05, 4.69) is 72.7 Å². The van der Waals surface area contributed by atoms with Gasteiger partial charge in [0.1, 0.15) is 0 Å². The third kappa shape index (κ3) is 4.38. The van der Waals surface area contributed by atoms with Crippen molar-refractivity contribution in [2.45, 2.75) is 58.9 Å². The average molecular weight is 406 g/mol. The predicted molar refractivity (Wildman–Crippen MR) is 126 cm³/mol. The predicted octanol–water partition coefficient (Wildman–Crippen LogP) is 6.41. The lowest BCUT2D eigenvalue weighted by Gasteiger charge is -2.39. The van der Waals surface area contributed by atoms with Gasteiger partial charge in [0.2, 0.25) is 0 Å². The Kier molecular flexibility index (Phi) is 7.56. The number of amides is 2. The lowest BCUT2D eigenvalue weighted by atomic mass is 9.85. The van der Waals surface area contributed by atoms with Gasteiger partial charge in [0, 0.05) is 35.6 Å². The first-order valence-electron chi connectivity index (χ1n) is 11.4. The van der Waals surface area contributed by atoms with E-state index in [1.807, 2.05) is 24.8 Å². The van der Waals surface area contributed by atoms with Crippen LogP contribution in [0.1, 0.15) is 69.3 Å². The van der Waals surface area contributed by atoms with Gasteiger partial charge in [-0.3, -0.25) is 0 Å². The Morgan fingerprint density at radius 1 is 1.13 bits per heavy atom. The summed E-state index contributed by atoms with van der Waals surface area (Å²) in [6.45, 7) is 9.85. The number of aromatic nitrogens is 1. The number of hydrogen-bond donors (Lipinski definition) is 2. The highest BCUT2D eigenvalue weighted by atomic mass is 16.2. The van der Waals surface area contributed by atoms with Crippen LogP contribution in [0.4, 0.5) is 4.79 Å². The van der Waals surface area contributed by atoms with E-state index in [1.54, 1.807) is 0 Å². The molecule has 2 atom stereocenters. The summed E-state index contributed by atoms with van der Waals surface area (Å²) < 4.78 is 0. The number of carbonyl (C=O) groups is 1. The van der Waals surface area contributed by atoms with Gasteiger partial charge < -0.3 is 15.2 Å². The summed E-state index contributed by atoms with van der Waals surface area (Å²) in [6.07, 6.45) is 2.98. The van der Waals surface area contributed by atoms with Crippen molar-refractivity contribution in [1.29, 1.82) is 0 Å². The van der Waals surface area contributed by atoms with E-state index in [4.69, 9.17) is 0 Å². The van der Waals surface area contributed by atoms with Gasteiger partial charge in [0.05, 0.1) is 6.04 Å². The van der Waals surface area contributed by atoms with Crippen LogP contribution in [0.5, 0.6) is 0 Å². The van der Waals surface area contributed by atoms with Crippen LogP contribution >= 0.6 is 0 Å². The molecule has 4 heteroatoms. The maximum Gasteiger partial charge on any atom is 0.317 e. The molecular weight excluding hydrogens is 370 g/mol. The molecule has 2 unspecified atom stereocenters. The number of hydrogen-bond acceptors (Lipinski definition) is 1. The van der Waals surface area contributed by atoms with E-state index in [1.165, 1.54) is 22.2 Å². The minimum Gasteiger partial charge on any atom is -0.356 e. The van der Waals surface area contributed by atoms with Gasteiger partial charge in [-0.2, -0.15) is 0 Å². The van der Waals surface area contributed by atoms with E-state index in [-0.39, 0.29) is 18.0 Å². The number of rotatable bonds is 5. The van der Waals surface area contributed by atoms with Crippen LogP contribution in [-0.4, -0.2) is 29.0 Å². The largest absolute Gasteiger partial charge is 0.356 e. The zero-order valence-electron chi connectivity index (χ0n) is 18.7. The molecule has 160 valence electrons. The van der Waals surface area contributed by atoms with Gasteiger partial charge in [-0.25, -0.2) is 4.79 Å². The first-order valence-corrected chi connectivity index (χ1v) is 11.4. The molecule has 30 heavy (non-hydrogen) atoms. The number of carbonyl (C=O) groups excluding carboxylic acids is 1. The molecule has 0 saturated heterocycles. The number of H-pyrrole nitrogens is 1. The van der Waals surface area contributed by atoms with Crippen molar-refractivity contribution in [1.82, 2.24) is 15.2 Å². The Hall–Kier alpha value is -2.75. The van der Waals surface area contributed by atoms with Crippen molar-refractivity contribution in [3.05, 3.63) is 71.4 Å². The highest BCUT2D eigenvalue weighted by molar-refractivity contribution is 5.86. The Morgan fingerprint density at radius 2 is 1.83 bits per heavy atom. The van der Waals surface area contributed by atoms with Crippen LogP contribution < -0.4 is 5.32 Å². The molecule has 4 nitrogen and oxygen atoms in total. The summed E-state index contributed by atoms with van der Waals surface area (Å²) in [6, 6.07) is 19.0. The molecular formula is C26H35N3O. The van der Waals surface area contributed by atoms with Gasteiger partial charge in [-0.1, -0.05) is 82.6 Å².